The molecule has 2 bridgehead atoms. The molecule has 2 aliphatic rings. The van der Waals surface area contributed by atoms with Gasteiger partial charge in [-0.1, -0.05) is 11.3 Å². The predicted octanol–water partition coefficient (Wildman–Crippen LogP) is 4.12. The number of rotatable bonds is 5. The molecule has 2 atom stereocenters. The number of benzene rings is 1. The number of carbonyl (C=O) groups excluding carboxylic acids is 1. The number of hydrogen-bond acceptors (Lipinski definition) is 9. The van der Waals surface area contributed by atoms with Crippen molar-refractivity contribution in [1.29, 1.82) is 0 Å². The largest absolute Gasteiger partial charge is 0.464 e. The van der Waals surface area contributed by atoms with Gasteiger partial charge in [0.15, 0.2) is 5.65 Å². The first kappa shape index (κ1) is 20.5. The van der Waals surface area contributed by atoms with Gasteiger partial charge in [0.1, 0.15) is 17.0 Å². The summed E-state index contributed by atoms with van der Waals surface area (Å²) in [7, 11) is 0. The molecule has 0 radical (unpaired) electrons. The Labute approximate surface area is 204 Å². The summed E-state index contributed by atoms with van der Waals surface area (Å²) in [6.07, 6.45) is 9.21. The molecule has 2 saturated heterocycles. The minimum absolute atomic E-state index is 0.0320. The van der Waals surface area contributed by atoms with Crippen LogP contribution in [0.1, 0.15) is 22.5 Å². The van der Waals surface area contributed by atoms with Gasteiger partial charge >= 0.3 is 0 Å². The molecule has 2 fully saturated rings. The van der Waals surface area contributed by atoms with E-state index in [0.29, 0.717) is 34.9 Å². The van der Waals surface area contributed by atoms with Crippen molar-refractivity contribution in [2.45, 2.75) is 25.0 Å². The predicted molar refractivity (Wildman–Crippen MR) is 129 cm³/mol. The van der Waals surface area contributed by atoms with Gasteiger partial charge in [0.05, 0.1) is 17.2 Å². The Morgan fingerprint density at radius 3 is 2.94 bits per heavy atom. The number of piperazine rings is 1. The third-order valence-electron chi connectivity index (χ3n) is 6.75. The summed E-state index contributed by atoms with van der Waals surface area (Å²) in [5, 5.41) is 1.62. The van der Waals surface area contributed by atoms with E-state index in [1.807, 2.05) is 41.5 Å². The van der Waals surface area contributed by atoms with Crippen molar-refractivity contribution in [2.75, 3.05) is 13.1 Å². The van der Waals surface area contributed by atoms with E-state index in [-0.39, 0.29) is 11.9 Å². The highest BCUT2D eigenvalue weighted by Crippen LogP contribution is 2.36. The molecular formula is C25H20N6O3S. The van der Waals surface area contributed by atoms with Crippen LogP contribution in [0.15, 0.2) is 65.8 Å². The number of hydrogen-bond donors (Lipinski definition) is 0. The fourth-order valence-corrected chi connectivity index (χ4v) is 5.90. The molecule has 6 heterocycles. The third-order valence-corrected chi connectivity index (χ3v) is 7.64. The van der Waals surface area contributed by atoms with Gasteiger partial charge in [-0.2, -0.15) is 4.98 Å². The van der Waals surface area contributed by atoms with E-state index in [4.69, 9.17) is 9.15 Å². The summed E-state index contributed by atoms with van der Waals surface area (Å²) < 4.78 is 12.8. The summed E-state index contributed by atoms with van der Waals surface area (Å²) in [4.78, 5) is 34.1. The van der Waals surface area contributed by atoms with Crippen molar-refractivity contribution in [3.63, 3.8) is 0 Å². The number of nitrogens with zero attached hydrogens (tertiary/aromatic N) is 6. The van der Waals surface area contributed by atoms with Gasteiger partial charge in [-0.3, -0.25) is 14.7 Å². The Morgan fingerprint density at radius 2 is 2.11 bits per heavy atom. The van der Waals surface area contributed by atoms with Crippen LogP contribution in [-0.2, 0) is 6.54 Å². The molecule has 7 rings (SSSR count). The highest BCUT2D eigenvalue weighted by Gasteiger charge is 2.45. The fraction of sp³-hybridized carbons (Fsp3) is 0.240. The summed E-state index contributed by atoms with van der Waals surface area (Å²) >= 11 is 1.46. The van der Waals surface area contributed by atoms with Crippen LogP contribution in [0.5, 0.6) is 10.9 Å². The zero-order valence-electron chi connectivity index (χ0n) is 18.6. The Hall–Kier alpha value is -3.89. The maximum Gasteiger partial charge on any atom is 0.281 e. The van der Waals surface area contributed by atoms with E-state index in [9.17, 15) is 4.79 Å². The standard InChI is InChI=1S/C25H20N6O3S/c32-24(20-10-26-6-7-27-20)31-13-16-8-17(31)12-30(16)11-15-14-33-21-9-18(3-4-19(15)21)34-25-29-23-22(35-25)2-1-5-28-23/h1-7,9-10,14,16-17H,8,11-13H2. The first-order valence-electron chi connectivity index (χ1n) is 11.4. The van der Waals surface area contributed by atoms with Crippen molar-refractivity contribution in [1.82, 2.24) is 29.7 Å². The number of pyridine rings is 1. The fourth-order valence-electron chi connectivity index (χ4n) is 5.11. The SMILES string of the molecule is O=C(c1cnccn1)N1CC2CC1CN2Cc1coc2cc(Oc3nc4ncccc4s3)ccc12. The number of aromatic nitrogens is 4. The zero-order chi connectivity index (χ0) is 23.4. The maximum absolute atomic E-state index is 12.8. The van der Waals surface area contributed by atoms with E-state index >= 15 is 0 Å². The Morgan fingerprint density at radius 1 is 1.14 bits per heavy atom. The quantitative estimate of drug-likeness (QED) is 0.368. The van der Waals surface area contributed by atoms with Crippen molar-refractivity contribution < 1.29 is 13.9 Å². The molecule has 2 unspecified atom stereocenters. The van der Waals surface area contributed by atoms with Gasteiger partial charge in [-0.05, 0) is 30.7 Å². The Kier molecular flexibility index (Phi) is 4.74. The molecule has 174 valence electrons. The molecule has 4 aromatic heterocycles. The number of thiazole rings is 1. The topological polar surface area (TPSA) is 97.5 Å². The maximum atomic E-state index is 12.8. The first-order chi connectivity index (χ1) is 17.2. The average molecular weight is 485 g/mol. The van der Waals surface area contributed by atoms with Crippen molar-refractivity contribution in [3.8, 4) is 10.9 Å². The highest BCUT2D eigenvalue weighted by atomic mass is 32.1. The molecule has 5 aromatic rings. The van der Waals surface area contributed by atoms with E-state index in [1.54, 1.807) is 18.6 Å². The van der Waals surface area contributed by atoms with E-state index < -0.39 is 0 Å². The third kappa shape index (κ3) is 3.62. The second-order valence-corrected chi connectivity index (χ2v) is 9.84. The van der Waals surface area contributed by atoms with Crippen molar-refractivity contribution in [3.05, 3.63) is 72.6 Å². The molecule has 2 aliphatic heterocycles. The summed E-state index contributed by atoms with van der Waals surface area (Å²) in [5.74, 6) is 0.645. The monoisotopic (exact) mass is 484 g/mol. The van der Waals surface area contributed by atoms with Gasteiger partial charge in [0.25, 0.3) is 11.1 Å². The smallest absolute Gasteiger partial charge is 0.281 e. The molecule has 0 spiro atoms. The number of ether oxygens (including phenoxy) is 1. The van der Waals surface area contributed by atoms with E-state index in [1.165, 1.54) is 17.5 Å². The van der Waals surface area contributed by atoms with Crippen LogP contribution in [0.25, 0.3) is 21.3 Å². The molecule has 1 amide bonds. The molecule has 10 heteroatoms. The zero-order valence-corrected chi connectivity index (χ0v) is 19.4. The summed E-state index contributed by atoms with van der Waals surface area (Å²) in [5.41, 5.74) is 3.01. The van der Waals surface area contributed by atoms with Gasteiger partial charge in [0.2, 0.25) is 0 Å². The van der Waals surface area contributed by atoms with Gasteiger partial charge in [-0.25, -0.2) is 9.97 Å². The lowest BCUT2D eigenvalue weighted by Gasteiger charge is -2.33. The lowest BCUT2D eigenvalue weighted by molar-refractivity contribution is 0.0610. The molecule has 0 aliphatic carbocycles. The molecule has 0 N–H and O–H groups in total. The van der Waals surface area contributed by atoms with Crippen LogP contribution in [0.4, 0.5) is 0 Å². The normalized spacial score (nSPS) is 19.7. The second kappa shape index (κ2) is 8.10. The molecule has 0 saturated carbocycles. The van der Waals surface area contributed by atoms with Gasteiger partial charge in [-0.15, -0.1) is 0 Å². The lowest BCUT2D eigenvalue weighted by Crippen LogP contribution is -2.48. The van der Waals surface area contributed by atoms with Crippen molar-refractivity contribution >= 4 is 38.6 Å². The molecule has 35 heavy (non-hydrogen) atoms. The lowest BCUT2D eigenvalue weighted by atomic mass is 10.1. The summed E-state index contributed by atoms with van der Waals surface area (Å²) in [6, 6.07) is 10.3. The Balaban J connectivity index is 1.04. The molecular weight excluding hydrogens is 464 g/mol. The number of likely N-dealkylation sites (tertiary alicyclic amines) is 2. The van der Waals surface area contributed by atoms with E-state index in [0.717, 1.165) is 40.7 Å². The number of fused-ring (bicyclic) bond motifs is 4. The minimum atomic E-state index is -0.0320. The van der Waals surface area contributed by atoms with Crippen LogP contribution in [0, 0.1) is 0 Å². The number of furan rings is 1. The number of carbonyl (C=O) groups is 1. The highest BCUT2D eigenvalue weighted by molar-refractivity contribution is 7.20. The Bertz CT molecular complexity index is 1520. The van der Waals surface area contributed by atoms with Crippen LogP contribution in [0.3, 0.4) is 0 Å². The molecule has 1 aromatic carbocycles. The first-order valence-corrected chi connectivity index (χ1v) is 12.2. The van der Waals surface area contributed by atoms with Crippen LogP contribution in [0.2, 0.25) is 0 Å². The van der Waals surface area contributed by atoms with E-state index in [2.05, 4.69) is 24.8 Å². The second-order valence-electron chi connectivity index (χ2n) is 8.85. The van der Waals surface area contributed by atoms with Gasteiger partial charge < -0.3 is 14.1 Å². The molecule has 9 nitrogen and oxygen atoms in total. The van der Waals surface area contributed by atoms with Crippen molar-refractivity contribution in [2.24, 2.45) is 0 Å². The number of amides is 1. The van der Waals surface area contributed by atoms with Crippen LogP contribution < -0.4 is 4.74 Å². The van der Waals surface area contributed by atoms with Gasteiger partial charge in [0, 0.05) is 67.3 Å². The average Bonchev–Trinajstić information content (AvgIpc) is 3.67. The minimum Gasteiger partial charge on any atom is -0.464 e. The van der Waals surface area contributed by atoms with Crippen LogP contribution in [-0.4, -0.2) is 60.8 Å². The van der Waals surface area contributed by atoms with Crippen LogP contribution >= 0.6 is 11.3 Å². The summed E-state index contributed by atoms with van der Waals surface area (Å²) in [6.45, 7) is 2.34.